The molecular formula is C10H12MgO4. The van der Waals surface area contributed by atoms with Gasteiger partial charge in [-0.05, 0) is 12.5 Å². The predicted octanol–water partition coefficient (Wildman–Crippen LogP) is 1.09. The molecule has 0 atom stereocenters. The number of carboxylic acids is 2. The van der Waals surface area contributed by atoms with Crippen LogP contribution in [0.25, 0.3) is 0 Å². The van der Waals surface area contributed by atoms with Gasteiger partial charge in [0.25, 0.3) is 0 Å². The summed E-state index contributed by atoms with van der Waals surface area (Å²) in [6.45, 7) is 1.85. The Kier molecular flexibility index (Phi) is 5.31. The fraction of sp³-hybridized carbons (Fsp3) is 0.200. The van der Waals surface area contributed by atoms with Crippen molar-refractivity contribution in [2.45, 2.75) is 12.8 Å². The van der Waals surface area contributed by atoms with Crippen molar-refractivity contribution in [3.63, 3.8) is 0 Å². The van der Waals surface area contributed by atoms with Crippen molar-refractivity contribution in [3.05, 3.63) is 35.4 Å². The van der Waals surface area contributed by atoms with Crippen molar-refractivity contribution in [1.29, 1.82) is 0 Å². The molecule has 2 N–H and O–H groups in total. The largest absolute Gasteiger partial charge is 2.00 e. The molecule has 4 nitrogen and oxygen atoms in total. The Morgan fingerprint density at radius 2 is 1.53 bits per heavy atom. The van der Waals surface area contributed by atoms with E-state index in [1.54, 1.807) is 12.1 Å². The summed E-state index contributed by atoms with van der Waals surface area (Å²) in [5.41, 5.74) is 1.25. The van der Waals surface area contributed by atoms with Crippen molar-refractivity contribution < 1.29 is 22.7 Å². The molecule has 1 rings (SSSR count). The fourth-order valence-electron chi connectivity index (χ4n) is 1.15. The molecule has 0 spiro atoms. The number of hydrogen-bond acceptors (Lipinski definition) is 2. The predicted molar refractivity (Wildman–Crippen MR) is 57.2 cm³/mol. The first-order valence-electron chi connectivity index (χ1n) is 4.04. The van der Waals surface area contributed by atoms with E-state index in [2.05, 4.69) is 0 Å². The van der Waals surface area contributed by atoms with Gasteiger partial charge in [-0.15, -0.1) is 0 Å². The van der Waals surface area contributed by atoms with Crippen LogP contribution in [0.3, 0.4) is 0 Å². The van der Waals surface area contributed by atoms with Crippen molar-refractivity contribution in [2.75, 3.05) is 0 Å². The van der Waals surface area contributed by atoms with Gasteiger partial charge in [-0.25, -0.2) is 0 Å². The average Bonchev–Trinajstić information content (AvgIpc) is 2.07. The zero-order valence-electron chi connectivity index (χ0n) is 10.3. The molecule has 78 valence electrons. The Bertz CT molecular complexity index is 353. The van der Waals surface area contributed by atoms with Gasteiger partial charge in [0.05, 0.1) is 0 Å². The van der Waals surface area contributed by atoms with Crippen molar-refractivity contribution in [1.82, 2.24) is 0 Å². The van der Waals surface area contributed by atoms with Gasteiger partial charge in [-0.2, -0.15) is 0 Å². The molecule has 0 saturated carbocycles. The van der Waals surface area contributed by atoms with Crippen LogP contribution in [-0.2, 0) is 9.59 Å². The van der Waals surface area contributed by atoms with Crippen LogP contribution in [0.1, 0.15) is 19.9 Å². The maximum atomic E-state index is 10.6. The van der Waals surface area contributed by atoms with Gasteiger partial charge in [-0.3, -0.25) is 9.59 Å². The molecule has 0 fully saturated rings. The van der Waals surface area contributed by atoms with E-state index < -0.39 is 17.9 Å². The van der Waals surface area contributed by atoms with Gasteiger partial charge in [0, 0.05) is 0 Å². The summed E-state index contributed by atoms with van der Waals surface area (Å²) in [7, 11) is 0. The minimum absolute atomic E-state index is 0. The molecule has 0 unspecified atom stereocenters. The molecule has 0 bridgehead atoms. The standard InChI is InChI=1S/C10H10O4.Mg.2H/c1-6-2-4-7(5-3-6)8(9(11)12)10(13)14;;;/h2-5,8H,1H3,(H,11,12)(H,13,14);;;/q;+2;2*-1. The molecule has 0 saturated heterocycles. The van der Waals surface area contributed by atoms with Crippen LogP contribution in [0.2, 0.25) is 0 Å². The van der Waals surface area contributed by atoms with E-state index in [0.717, 1.165) is 5.56 Å². The van der Waals surface area contributed by atoms with Crippen LogP contribution in [0.5, 0.6) is 0 Å². The molecule has 0 radical (unpaired) electrons. The summed E-state index contributed by atoms with van der Waals surface area (Å²) in [5.74, 6) is -4.17. The SMILES string of the molecule is Cc1ccc(C(C(=O)O)C(=O)O)cc1.[H-].[H-].[Mg+2]. The number of aliphatic carboxylic acids is 2. The van der Waals surface area contributed by atoms with Gasteiger partial charge in [0.2, 0.25) is 0 Å². The third kappa shape index (κ3) is 3.52. The number of rotatable bonds is 3. The number of aryl methyl sites for hydroxylation is 1. The molecule has 0 aliphatic heterocycles. The Hall–Kier alpha value is -1.07. The molecule has 1 aromatic rings. The normalized spacial score (nSPS) is 9.47. The third-order valence-corrected chi connectivity index (χ3v) is 1.90. The van der Waals surface area contributed by atoms with Gasteiger partial charge in [-0.1, -0.05) is 29.8 Å². The van der Waals surface area contributed by atoms with E-state index in [1.807, 2.05) is 6.92 Å². The van der Waals surface area contributed by atoms with E-state index in [1.165, 1.54) is 12.1 Å². The van der Waals surface area contributed by atoms with Crippen LogP contribution < -0.4 is 0 Å². The Balaban J connectivity index is -0.000000653. The monoisotopic (exact) mass is 220 g/mol. The molecule has 1 aromatic carbocycles. The van der Waals surface area contributed by atoms with E-state index >= 15 is 0 Å². The smallest absolute Gasteiger partial charge is 1.00 e. The van der Waals surface area contributed by atoms with Gasteiger partial charge in [0.15, 0.2) is 5.92 Å². The maximum absolute atomic E-state index is 10.6. The number of hydrogen-bond donors (Lipinski definition) is 2. The summed E-state index contributed by atoms with van der Waals surface area (Å²) >= 11 is 0. The number of benzene rings is 1. The Labute approximate surface area is 106 Å². The molecule has 0 heterocycles. The zero-order valence-corrected chi connectivity index (χ0v) is 9.72. The van der Waals surface area contributed by atoms with Crippen molar-refractivity contribution in [3.8, 4) is 0 Å². The molecular weight excluding hydrogens is 208 g/mol. The van der Waals surface area contributed by atoms with Crippen LogP contribution >= 0.6 is 0 Å². The Morgan fingerprint density at radius 3 is 1.87 bits per heavy atom. The van der Waals surface area contributed by atoms with Gasteiger partial charge < -0.3 is 13.1 Å². The quantitative estimate of drug-likeness (QED) is 0.591. The number of carbonyl (C=O) groups is 2. The molecule has 0 amide bonds. The summed E-state index contributed by atoms with van der Waals surface area (Å²) in [5, 5.41) is 17.4. The second-order valence-electron chi connectivity index (χ2n) is 3.02. The van der Waals surface area contributed by atoms with Crippen LogP contribution in [0.15, 0.2) is 24.3 Å². The minimum Gasteiger partial charge on any atom is -1.00 e. The molecule has 0 aliphatic rings. The van der Waals surface area contributed by atoms with E-state index in [-0.39, 0.29) is 31.5 Å². The topological polar surface area (TPSA) is 74.6 Å². The van der Waals surface area contributed by atoms with Crippen molar-refractivity contribution in [2.24, 2.45) is 0 Å². The first kappa shape index (κ1) is 13.9. The zero-order chi connectivity index (χ0) is 10.7. The van der Waals surface area contributed by atoms with E-state index in [0.29, 0.717) is 0 Å². The molecule has 15 heavy (non-hydrogen) atoms. The average molecular weight is 221 g/mol. The second-order valence-corrected chi connectivity index (χ2v) is 3.02. The first-order chi connectivity index (χ1) is 6.52. The van der Waals surface area contributed by atoms with E-state index in [4.69, 9.17) is 10.2 Å². The first-order valence-corrected chi connectivity index (χ1v) is 4.04. The third-order valence-electron chi connectivity index (χ3n) is 1.90. The van der Waals surface area contributed by atoms with Crippen molar-refractivity contribution >= 4 is 35.0 Å². The molecule has 0 aliphatic carbocycles. The summed E-state index contributed by atoms with van der Waals surface area (Å²) in [6.07, 6.45) is 0. The summed E-state index contributed by atoms with van der Waals surface area (Å²) in [6, 6.07) is 6.41. The van der Waals surface area contributed by atoms with Crippen LogP contribution in [-0.4, -0.2) is 45.2 Å². The van der Waals surface area contributed by atoms with Gasteiger partial charge in [0.1, 0.15) is 0 Å². The maximum Gasteiger partial charge on any atom is 2.00 e. The molecule has 5 heteroatoms. The van der Waals surface area contributed by atoms with Crippen LogP contribution in [0.4, 0.5) is 0 Å². The molecule has 0 aromatic heterocycles. The van der Waals surface area contributed by atoms with Crippen LogP contribution in [0, 0.1) is 6.92 Å². The summed E-state index contributed by atoms with van der Waals surface area (Å²) < 4.78 is 0. The summed E-state index contributed by atoms with van der Waals surface area (Å²) in [4.78, 5) is 21.3. The minimum atomic E-state index is -1.48. The number of carboxylic acid groups (broad SMARTS) is 2. The van der Waals surface area contributed by atoms with E-state index in [9.17, 15) is 9.59 Å². The van der Waals surface area contributed by atoms with Gasteiger partial charge >= 0.3 is 35.0 Å². The fourth-order valence-corrected chi connectivity index (χ4v) is 1.15. The second kappa shape index (κ2) is 5.72. The Morgan fingerprint density at radius 1 is 1.13 bits per heavy atom.